The van der Waals surface area contributed by atoms with Crippen molar-refractivity contribution in [1.82, 2.24) is 0 Å². The second-order valence-electron chi connectivity index (χ2n) is 5.32. The van der Waals surface area contributed by atoms with Crippen LogP contribution in [0, 0.1) is 0 Å². The van der Waals surface area contributed by atoms with Gasteiger partial charge in [-0.25, -0.2) is 4.79 Å². The van der Waals surface area contributed by atoms with Gasteiger partial charge in [-0.1, -0.05) is 68.4 Å². The first-order valence-electron chi connectivity index (χ1n) is 6.40. The Labute approximate surface area is 109 Å². The SMILES string of the molecule is CCCC[Si](C)(C)c1ccccc1C(O)C(=O)O. The fourth-order valence-electron chi connectivity index (χ4n) is 2.24. The number of rotatable bonds is 6. The van der Waals surface area contributed by atoms with Gasteiger partial charge in [-0.05, 0) is 5.56 Å². The molecule has 0 aromatic heterocycles. The normalized spacial score (nSPS) is 13.3. The summed E-state index contributed by atoms with van der Waals surface area (Å²) in [5.74, 6) is -1.18. The molecule has 0 heterocycles. The molecule has 0 aliphatic heterocycles. The Morgan fingerprint density at radius 1 is 1.33 bits per heavy atom. The zero-order chi connectivity index (χ0) is 13.8. The minimum Gasteiger partial charge on any atom is -0.479 e. The standard InChI is InChI=1S/C14H22O3Si/c1-4-5-10-18(2,3)12-9-7-6-8-11(12)13(15)14(16)17/h6-9,13,15H,4-5,10H2,1-3H3,(H,16,17). The van der Waals surface area contributed by atoms with Crippen LogP contribution in [0.3, 0.4) is 0 Å². The van der Waals surface area contributed by atoms with Crippen molar-refractivity contribution in [1.29, 1.82) is 0 Å². The number of hydrogen-bond donors (Lipinski definition) is 2. The van der Waals surface area contributed by atoms with E-state index in [4.69, 9.17) is 5.11 Å². The van der Waals surface area contributed by atoms with E-state index >= 15 is 0 Å². The van der Waals surface area contributed by atoms with Crippen molar-refractivity contribution in [3.8, 4) is 0 Å². The summed E-state index contributed by atoms with van der Waals surface area (Å²) >= 11 is 0. The molecule has 0 bridgehead atoms. The lowest BCUT2D eigenvalue weighted by Gasteiger charge is -2.26. The molecule has 1 aromatic carbocycles. The minimum absolute atomic E-state index is 0.567. The Morgan fingerprint density at radius 2 is 1.94 bits per heavy atom. The quantitative estimate of drug-likeness (QED) is 0.778. The number of carbonyl (C=O) groups is 1. The van der Waals surface area contributed by atoms with Crippen LogP contribution >= 0.6 is 0 Å². The van der Waals surface area contributed by atoms with Crippen LogP contribution in [0.25, 0.3) is 0 Å². The smallest absolute Gasteiger partial charge is 0.337 e. The van der Waals surface area contributed by atoms with Crippen molar-refractivity contribution in [2.24, 2.45) is 0 Å². The van der Waals surface area contributed by atoms with Gasteiger partial charge in [0.1, 0.15) is 0 Å². The first kappa shape index (κ1) is 14.9. The first-order chi connectivity index (χ1) is 8.40. The Bertz CT molecular complexity index is 415. The van der Waals surface area contributed by atoms with Crippen LogP contribution in [0.2, 0.25) is 19.1 Å². The minimum atomic E-state index is -1.68. The second kappa shape index (κ2) is 6.16. The fraction of sp³-hybridized carbons (Fsp3) is 0.500. The fourth-order valence-corrected chi connectivity index (χ4v) is 5.29. The molecule has 1 rings (SSSR count). The Morgan fingerprint density at radius 3 is 2.50 bits per heavy atom. The summed E-state index contributed by atoms with van der Waals surface area (Å²) in [4.78, 5) is 11.0. The molecule has 1 aromatic rings. The highest BCUT2D eigenvalue weighted by atomic mass is 28.3. The molecular formula is C14H22O3Si. The molecule has 0 fully saturated rings. The molecule has 100 valence electrons. The number of aliphatic carboxylic acids is 1. The zero-order valence-electron chi connectivity index (χ0n) is 11.3. The average molecular weight is 266 g/mol. The van der Waals surface area contributed by atoms with Crippen LogP contribution in [0.15, 0.2) is 24.3 Å². The van der Waals surface area contributed by atoms with Crippen molar-refractivity contribution in [3.63, 3.8) is 0 Å². The molecule has 0 aliphatic carbocycles. The summed E-state index contributed by atoms with van der Waals surface area (Å²) in [5, 5.41) is 19.8. The van der Waals surface area contributed by atoms with Crippen molar-refractivity contribution < 1.29 is 15.0 Å². The van der Waals surface area contributed by atoms with Crippen LogP contribution in [0.4, 0.5) is 0 Å². The van der Waals surface area contributed by atoms with E-state index in [0.717, 1.165) is 24.1 Å². The Hall–Kier alpha value is -1.13. The number of unbranched alkanes of at least 4 members (excludes halogenated alkanes) is 1. The monoisotopic (exact) mass is 266 g/mol. The van der Waals surface area contributed by atoms with Gasteiger partial charge < -0.3 is 10.2 Å². The number of aliphatic hydroxyl groups excluding tert-OH is 1. The van der Waals surface area contributed by atoms with Crippen LogP contribution in [-0.2, 0) is 4.79 Å². The highest BCUT2D eigenvalue weighted by Gasteiger charge is 2.29. The van der Waals surface area contributed by atoms with Gasteiger partial charge >= 0.3 is 5.97 Å². The zero-order valence-corrected chi connectivity index (χ0v) is 12.3. The van der Waals surface area contributed by atoms with Crippen molar-refractivity contribution in [2.75, 3.05) is 0 Å². The third-order valence-electron chi connectivity index (χ3n) is 3.37. The van der Waals surface area contributed by atoms with Gasteiger partial charge in [0.25, 0.3) is 0 Å². The molecule has 0 spiro atoms. The summed E-state index contributed by atoms with van der Waals surface area (Å²) in [6.45, 7) is 6.62. The van der Waals surface area contributed by atoms with Gasteiger partial charge in [0.15, 0.2) is 6.10 Å². The molecule has 0 amide bonds. The lowest BCUT2D eigenvalue weighted by Crippen LogP contribution is -2.44. The van der Waals surface area contributed by atoms with Crippen LogP contribution in [0.5, 0.6) is 0 Å². The Kier molecular flexibility index (Phi) is 5.11. The van der Waals surface area contributed by atoms with Gasteiger partial charge in [0.05, 0.1) is 8.07 Å². The lowest BCUT2D eigenvalue weighted by molar-refractivity contribution is -0.146. The molecule has 1 unspecified atom stereocenters. The summed E-state index contributed by atoms with van der Waals surface area (Å²) in [6, 6.07) is 8.54. The van der Waals surface area contributed by atoms with Crippen molar-refractivity contribution in [3.05, 3.63) is 29.8 Å². The van der Waals surface area contributed by atoms with Gasteiger partial charge in [-0.2, -0.15) is 0 Å². The molecule has 0 saturated carbocycles. The molecular weight excluding hydrogens is 244 g/mol. The van der Waals surface area contributed by atoms with Crippen LogP contribution in [-0.4, -0.2) is 24.3 Å². The Balaban J connectivity index is 3.12. The molecule has 18 heavy (non-hydrogen) atoms. The molecule has 4 heteroatoms. The summed E-state index contributed by atoms with van der Waals surface area (Å²) in [6.07, 6.45) is 0.881. The maximum Gasteiger partial charge on any atom is 0.337 e. The second-order valence-corrected chi connectivity index (χ2v) is 10.1. The first-order valence-corrected chi connectivity index (χ1v) is 9.61. The van der Waals surface area contributed by atoms with E-state index in [1.807, 2.05) is 12.1 Å². The third-order valence-corrected chi connectivity index (χ3v) is 6.89. The molecule has 0 aliphatic rings. The van der Waals surface area contributed by atoms with E-state index in [2.05, 4.69) is 20.0 Å². The summed E-state index contributed by atoms with van der Waals surface area (Å²) < 4.78 is 0. The van der Waals surface area contributed by atoms with E-state index in [1.54, 1.807) is 12.1 Å². The summed E-state index contributed by atoms with van der Waals surface area (Å²) in [7, 11) is -1.68. The van der Waals surface area contributed by atoms with Crippen LogP contribution < -0.4 is 5.19 Å². The topological polar surface area (TPSA) is 57.5 Å². The van der Waals surface area contributed by atoms with E-state index in [-0.39, 0.29) is 0 Å². The van der Waals surface area contributed by atoms with E-state index in [1.165, 1.54) is 0 Å². The van der Waals surface area contributed by atoms with Crippen LogP contribution in [0.1, 0.15) is 31.4 Å². The van der Waals surface area contributed by atoms with Crippen molar-refractivity contribution in [2.45, 2.75) is 45.0 Å². The third kappa shape index (κ3) is 3.43. The highest BCUT2D eigenvalue weighted by Crippen LogP contribution is 2.20. The maximum atomic E-state index is 11.0. The van der Waals surface area contributed by atoms with Crippen molar-refractivity contribution >= 4 is 19.2 Å². The number of benzene rings is 1. The molecule has 0 saturated heterocycles. The van der Waals surface area contributed by atoms with Gasteiger partial charge in [0, 0.05) is 0 Å². The molecule has 0 radical (unpaired) electrons. The summed E-state index contributed by atoms with van der Waals surface area (Å²) in [5.41, 5.74) is 0.567. The maximum absolute atomic E-state index is 11.0. The molecule has 1 atom stereocenters. The number of carboxylic acids is 1. The predicted molar refractivity (Wildman–Crippen MR) is 75.9 cm³/mol. The van der Waals surface area contributed by atoms with E-state index in [9.17, 15) is 9.90 Å². The van der Waals surface area contributed by atoms with Gasteiger partial charge in [-0.3, -0.25) is 0 Å². The van der Waals surface area contributed by atoms with E-state index < -0.39 is 20.1 Å². The van der Waals surface area contributed by atoms with E-state index in [0.29, 0.717) is 5.56 Å². The molecule has 2 N–H and O–H groups in total. The largest absolute Gasteiger partial charge is 0.479 e. The average Bonchev–Trinajstić information content (AvgIpc) is 2.35. The number of carboxylic acid groups (broad SMARTS) is 1. The number of hydrogen-bond acceptors (Lipinski definition) is 2. The highest BCUT2D eigenvalue weighted by molar-refractivity contribution is 6.90. The predicted octanol–water partition coefficient (Wildman–Crippen LogP) is 2.52. The van der Waals surface area contributed by atoms with Gasteiger partial charge in [-0.15, -0.1) is 0 Å². The van der Waals surface area contributed by atoms with Gasteiger partial charge in [0.2, 0.25) is 0 Å². The molecule has 3 nitrogen and oxygen atoms in total. The number of aliphatic hydroxyl groups is 1. The lowest BCUT2D eigenvalue weighted by atomic mass is 10.1.